The SMILES string of the molecule is COc1ccc(/C=C/C(=O)O[C@@H]2[C@H](O)[C@@H](O[C@@H]3O[C@@H](C)[C@H](O[C@@H]4OC[C@@H](O[C@@H]5O[C@H](CO)[C@H](O)[C@H](O)[C@H]5O)[C@H](O)[C@H]4O)[C@@H](O)[C@H]3O)[C@H](OC(=O)[C@]34CCC(C)(C)C[C@H]3C3=CC[C@@H]5[C@@]6(C)C[C@H](O)[C@H](O[C@@H]7O[C@H](CO)[C@@H](O)[C@H](O)[C@H]7O)[C@@](C)(C(=O)O)[C@@H]6CC[C@@]5(C)[C@]3(CO)CC4)O[C@@H]2CO)cc1. The summed E-state index contributed by atoms with van der Waals surface area (Å²) in [4.78, 5) is 43.5. The summed E-state index contributed by atoms with van der Waals surface area (Å²) in [6.07, 6.45) is -38.7. The van der Waals surface area contributed by atoms with Crippen molar-refractivity contribution < 1.29 is 158 Å². The van der Waals surface area contributed by atoms with Crippen LogP contribution in [-0.4, -0.2) is 304 Å². The van der Waals surface area contributed by atoms with Crippen molar-refractivity contribution in [3.05, 3.63) is 47.6 Å². The van der Waals surface area contributed by atoms with Crippen LogP contribution < -0.4 is 4.74 Å². The minimum absolute atomic E-state index is 0.0100. The lowest BCUT2D eigenvalue weighted by Gasteiger charge is -2.71. The number of carboxylic acids is 1. The Morgan fingerprint density at radius 2 is 1.15 bits per heavy atom. The van der Waals surface area contributed by atoms with E-state index in [0.717, 1.165) is 11.6 Å². The van der Waals surface area contributed by atoms with E-state index in [1.807, 2.05) is 13.0 Å². The molecule has 0 spiro atoms. The smallest absolute Gasteiger partial charge is 0.331 e. The number of methoxy groups -OCH3 is 1. The van der Waals surface area contributed by atoms with E-state index in [-0.39, 0.29) is 32.1 Å². The van der Waals surface area contributed by atoms with Gasteiger partial charge in [-0.05, 0) is 129 Å². The van der Waals surface area contributed by atoms with Crippen molar-refractivity contribution in [2.45, 2.75) is 259 Å². The fourth-order valence-electron chi connectivity index (χ4n) is 19.1. The maximum absolute atomic E-state index is 15.9. The second kappa shape index (κ2) is 29.9. The first-order chi connectivity index (χ1) is 47.6. The van der Waals surface area contributed by atoms with Gasteiger partial charge in [0, 0.05) is 11.5 Å². The van der Waals surface area contributed by atoms with Gasteiger partial charge in [0.1, 0.15) is 110 Å². The summed E-state index contributed by atoms with van der Waals surface area (Å²) in [5.74, 6) is -4.37. The number of benzene rings is 1. The number of rotatable bonds is 19. The van der Waals surface area contributed by atoms with Crippen LogP contribution >= 0.6 is 0 Å². The Bertz CT molecular complexity index is 3120. The predicted octanol–water partition coefficient (Wildman–Crippen LogP) is -3.26. The number of ether oxygens (including phenoxy) is 12. The third-order valence-electron chi connectivity index (χ3n) is 24.9. The molecule has 570 valence electrons. The van der Waals surface area contributed by atoms with Gasteiger partial charge >= 0.3 is 17.9 Å². The van der Waals surface area contributed by atoms with E-state index in [1.165, 1.54) is 27.0 Å². The summed E-state index contributed by atoms with van der Waals surface area (Å²) in [5, 5.41) is 188. The second-order valence-electron chi connectivity index (χ2n) is 31.0. The number of carboxylic acid groups (broad SMARTS) is 1. The van der Waals surface area contributed by atoms with Crippen LogP contribution in [0.2, 0.25) is 0 Å². The number of aliphatic carboxylic acids is 1. The highest BCUT2D eigenvalue weighted by Crippen LogP contribution is 2.76. The van der Waals surface area contributed by atoms with Gasteiger partial charge in [-0.3, -0.25) is 9.59 Å². The third kappa shape index (κ3) is 13.7. The molecule has 5 saturated heterocycles. The highest BCUT2D eigenvalue weighted by molar-refractivity contribution is 5.87. The highest BCUT2D eigenvalue weighted by atomic mass is 16.8. The van der Waals surface area contributed by atoms with E-state index < -0.39 is 261 Å². The summed E-state index contributed by atoms with van der Waals surface area (Å²) in [5.41, 5.74) is -5.17. The Kier molecular flexibility index (Phi) is 23.1. The van der Waals surface area contributed by atoms with Gasteiger partial charge in [0.05, 0.1) is 63.2 Å². The molecule has 0 amide bonds. The quantitative estimate of drug-likeness (QED) is 0.0280. The van der Waals surface area contributed by atoms with Crippen LogP contribution in [0.4, 0.5) is 0 Å². The van der Waals surface area contributed by atoms with E-state index in [9.17, 15) is 96.4 Å². The normalized spacial score (nSPS) is 49.0. The van der Waals surface area contributed by atoms with Gasteiger partial charge in [-0.15, -0.1) is 0 Å². The summed E-state index contributed by atoms with van der Waals surface area (Å²) >= 11 is 0. The molecule has 1 aromatic rings. The van der Waals surface area contributed by atoms with Crippen molar-refractivity contribution in [1.29, 1.82) is 0 Å². The number of aliphatic hydroxyl groups is 16. The maximum Gasteiger partial charge on any atom is 0.331 e. The third-order valence-corrected chi connectivity index (χ3v) is 24.9. The first-order valence-electron chi connectivity index (χ1n) is 34.8. The lowest BCUT2D eigenvalue weighted by molar-refractivity contribution is -0.379. The van der Waals surface area contributed by atoms with Crippen molar-refractivity contribution in [2.24, 2.45) is 50.2 Å². The van der Waals surface area contributed by atoms with Crippen LogP contribution in [0.3, 0.4) is 0 Å². The van der Waals surface area contributed by atoms with E-state index in [0.29, 0.717) is 37.0 Å². The first-order valence-corrected chi connectivity index (χ1v) is 34.8. The van der Waals surface area contributed by atoms with Gasteiger partial charge < -0.3 is 144 Å². The second-order valence-corrected chi connectivity index (χ2v) is 31.0. The molecule has 0 bridgehead atoms. The molecule has 10 aliphatic rings. The fraction of sp³-hybridized carbons (Fsp3) is 0.812. The number of allylic oxidation sites excluding steroid dienone is 1. The van der Waals surface area contributed by atoms with E-state index >= 15 is 4.79 Å². The lowest BCUT2D eigenvalue weighted by Crippen LogP contribution is -2.71. The largest absolute Gasteiger partial charge is 0.497 e. The molecule has 4 saturated carbocycles. The fourth-order valence-corrected chi connectivity index (χ4v) is 19.1. The minimum atomic E-state index is -2.12. The van der Waals surface area contributed by atoms with Crippen molar-refractivity contribution in [3.63, 3.8) is 0 Å². The molecule has 101 heavy (non-hydrogen) atoms. The van der Waals surface area contributed by atoms with Crippen LogP contribution in [0.5, 0.6) is 5.75 Å². The maximum atomic E-state index is 15.9. The van der Waals surface area contributed by atoms with Crippen LogP contribution in [0.15, 0.2) is 42.0 Å². The molecule has 11 rings (SSSR count). The first kappa shape index (κ1) is 78.0. The molecule has 0 radical (unpaired) electrons. The van der Waals surface area contributed by atoms with Crippen LogP contribution in [0.25, 0.3) is 6.08 Å². The van der Waals surface area contributed by atoms with Gasteiger partial charge in [0.2, 0.25) is 6.29 Å². The van der Waals surface area contributed by atoms with Crippen LogP contribution in [0.1, 0.15) is 105 Å². The number of fused-ring (bicyclic) bond motifs is 7. The Hall–Kier alpha value is -4.09. The van der Waals surface area contributed by atoms with Gasteiger partial charge in [-0.25, -0.2) is 4.79 Å². The molecular weight excluding hydrogens is 1340 g/mol. The molecular formula is C69H102O32. The van der Waals surface area contributed by atoms with Crippen LogP contribution in [0, 0.1) is 50.2 Å². The predicted molar refractivity (Wildman–Crippen MR) is 339 cm³/mol. The Labute approximate surface area is 582 Å². The van der Waals surface area contributed by atoms with Gasteiger partial charge in [0.15, 0.2) is 37.4 Å². The molecule has 0 aromatic heterocycles. The summed E-state index contributed by atoms with van der Waals surface area (Å²) in [7, 11) is 1.48. The molecule has 5 aliphatic heterocycles. The zero-order valence-corrected chi connectivity index (χ0v) is 57.4. The monoisotopic (exact) mass is 1440 g/mol. The van der Waals surface area contributed by atoms with Gasteiger partial charge in [-0.1, -0.05) is 51.5 Å². The van der Waals surface area contributed by atoms with Crippen molar-refractivity contribution in [2.75, 3.05) is 40.1 Å². The van der Waals surface area contributed by atoms with E-state index in [4.69, 9.17) is 56.8 Å². The number of carbonyl (C=O) groups is 3. The minimum Gasteiger partial charge on any atom is -0.497 e. The number of esters is 2. The molecule has 32 heteroatoms. The Balaban J connectivity index is 0.853. The average molecular weight is 1440 g/mol. The average Bonchev–Trinajstić information content (AvgIpc) is 0.670. The Morgan fingerprint density at radius 1 is 0.574 bits per heavy atom. The van der Waals surface area contributed by atoms with Crippen molar-refractivity contribution in [1.82, 2.24) is 0 Å². The van der Waals surface area contributed by atoms with E-state index in [2.05, 4.69) is 20.8 Å². The zero-order valence-electron chi connectivity index (χ0n) is 57.4. The lowest BCUT2D eigenvalue weighted by atomic mass is 9.33. The molecule has 9 fully saturated rings. The van der Waals surface area contributed by atoms with Crippen LogP contribution in [-0.2, 0) is 66.5 Å². The van der Waals surface area contributed by atoms with Gasteiger partial charge in [0.25, 0.3) is 0 Å². The molecule has 0 unspecified atom stereocenters. The molecule has 32 nitrogen and oxygen atoms in total. The zero-order chi connectivity index (χ0) is 73.5. The standard InChI is InChI=1S/C69H102O32/c1-29-53(98-57-48(82)44(78)38(27-91-57)96-59-49(83)45(79)42(76)35(24-70)93-59)47(81)51(85)58(92-29)99-55-52(86)54(97-41(75)15-10-30-8-11-31(90-7)12-9-30)37(26-72)95-61(55)101-63(89)68-19-18-64(2,3)22-33(68)32-13-14-39-65(4)23-34(74)56(100-60-50(84)46(80)43(77)36(25-71)94-60)67(6,62(87)88)40(65)16-17-66(39,5)69(32,28-73)21-20-68/h8-13,15,29,33-40,42-61,70-74,76-86H,14,16-28H2,1-7H3,(H,87,88)/b15-10+/t29-,33-,34-,35+,36+,37+,38+,39+,40+,42-,43+,44-,45-,46-,47-,48+,49+,50+,51+,52-,53-,54-,55+,56-,57-,58-,59-,60-,61-,65+,66+,67-,68-,69-/m0/s1. The van der Waals surface area contributed by atoms with Crippen molar-refractivity contribution >= 4 is 24.0 Å². The number of aliphatic hydroxyl groups excluding tert-OH is 16. The topological polar surface area (TPSA) is 506 Å². The van der Waals surface area contributed by atoms with Gasteiger partial charge in [-0.2, -0.15) is 0 Å². The van der Waals surface area contributed by atoms with Crippen molar-refractivity contribution in [3.8, 4) is 5.75 Å². The number of hydrogen-bond donors (Lipinski definition) is 17. The summed E-state index contributed by atoms with van der Waals surface area (Å²) < 4.78 is 70.8. The number of carbonyl (C=O) groups excluding carboxylic acids is 2. The molecule has 5 heterocycles. The Morgan fingerprint density at radius 3 is 1.75 bits per heavy atom. The van der Waals surface area contributed by atoms with E-state index in [1.54, 1.807) is 24.3 Å². The molecule has 17 N–H and O–H groups in total. The molecule has 5 aliphatic carbocycles. The molecule has 34 atom stereocenters. The molecule has 1 aromatic carbocycles. The highest BCUT2D eigenvalue weighted by Gasteiger charge is 2.74. The summed E-state index contributed by atoms with van der Waals surface area (Å²) in [6.45, 7) is 7.56. The summed E-state index contributed by atoms with van der Waals surface area (Å²) in [6, 6.07) is 6.62. The number of hydrogen-bond acceptors (Lipinski definition) is 31.